The molecule has 1 N–H and O–H groups in total. The van der Waals surface area contributed by atoms with Gasteiger partial charge >= 0.3 is 5.97 Å². The smallest absolute Gasteiger partial charge is 0.303 e. The van der Waals surface area contributed by atoms with Crippen LogP contribution in [0.15, 0.2) is 60.7 Å². The second-order valence-corrected chi connectivity index (χ2v) is 7.84. The summed E-state index contributed by atoms with van der Waals surface area (Å²) < 4.78 is 29.3. The lowest BCUT2D eigenvalue weighted by Gasteiger charge is -2.45. The average molecular weight is 458 g/mol. The van der Waals surface area contributed by atoms with Crippen LogP contribution in [-0.2, 0) is 46.5 Å². The zero-order chi connectivity index (χ0) is 23.6. The van der Waals surface area contributed by atoms with Crippen LogP contribution in [0.5, 0.6) is 0 Å². The fourth-order valence-electron chi connectivity index (χ4n) is 3.79. The van der Waals surface area contributed by atoms with Gasteiger partial charge in [0.1, 0.15) is 18.2 Å². The highest BCUT2D eigenvalue weighted by Crippen LogP contribution is 2.28. The lowest BCUT2D eigenvalue weighted by molar-refractivity contribution is -0.278. The standard InChI is InChI=1S/C25H31NO7/c1-17(27)26-22-24(31-15-20-12-8-5-9-13-20)23(32-18(2)28)21(33-25(22)29-3)16-30-14-19-10-6-4-7-11-19/h4-13,21-25H,14-16H2,1-3H3,(H,26,27)/t21-,22-,23+,24-,25-/m1/s1. The van der Waals surface area contributed by atoms with E-state index in [1.165, 1.54) is 21.0 Å². The molecular formula is C25H31NO7. The molecule has 0 aromatic heterocycles. The Morgan fingerprint density at radius 1 is 0.909 bits per heavy atom. The summed E-state index contributed by atoms with van der Waals surface area (Å²) in [6.07, 6.45) is -3.01. The number of carbonyl (C=O) groups is 2. The van der Waals surface area contributed by atoms with E-state index in [0.29, 0.717) is 6.61 Å². The van der Waals surface area contributed by atoms with Crippen molar-refractivity contribution in [3.63, 3.8) is 0 Å². The Hall–Kier alpha value is -2.78. The first kappa shape index (κ1) is 24.9. The van der Waals surface area contributed by atoms with Crippen LogP contribution in [0.2, 0.25) is 0 Å². The summed E-state index contributed by atoms with van der Waals surface area (Å²) in [5.41, 5.74) is 1.95. The molecule has 1 amide bonds. The highest BCUT2D eigenvalue weighted by molar-refractivity contribution is 5.73. The number of ether oxygens (including phenoxy) is 5. The van der Waals surface area contributed by atoms with Gasteiger partial charge in [0.25, 0.3) is 0 Å². The number of hydrogen-bond donors (Lipinski definition) is 1. The van der Waals surface area contributed by atoms with Crippen LogP contribution >= 0.6 is 0 Å². The number of amides is 1. The normalized spacial score (nSPS) is 24.8. The van der Waals surface area contributed by atoms with Gasteiger partial charge in [0.05, 0.1) is 19.8 Å². The molecule has 3 rings (SSSR count). The predicted octanol–water partition coefficient (Wildman–Crippen LogP) is 2.60. The van der Waals surface area contributed by atoms with Crippen LogP contribution in [0, 0.1) is 0 Å². The van der Waals surface area contributed by atoms with Crippen LogP contribution in [0.25, 0.3) is 0 Å². The van der Waals surface area contributed by atoms with Gasteiger partial charge in [0.15, 0.2) is 12.4 Å². The summed E-state index contributed by atoms with van der Waals surface area (Å²) in [5.74, 6) is -0.762. The summed E-state index contributed by atoms with van der Waals surface area (Å²) in [6.45, 7) is 3.50. The van der Waals surface area contributed by atoms with Crippen molar-refractivity contribution in [2.45, 2.75) is 57.7 Å². The third-order valence-corrected chi connectivity index (χ3v) is 5.23. The van der Waals surface area contributed by atoms with Gasteiger partial charge in [-0.05, 0) is 11.1 Å². The van der Waals surface area contributed by atoms with Crippen molar-refractivity contribution in [2.24, 2.45) is 0 Å². The van der Waals surface area contributed by atoms with Gasteiger partial charge in [-0.2, -0.15) is 0 Å². The van der Waals surface area contributed by atoms with E-state index in [4.69, 9.17) is 23.7 Å². The number of esters is 1. The monoisotopic (exact) mass is 457 g/mol. The fraction of sp³-hybridized carbons (Fsp3) is 0.440. The lowest BCUT2D eigenvalue weighted by Crippen LogP contribution is -2.66. The summed E-state index contributed by atoms with van der Waals surface area (Å²) in [4.78, 5) is 23.9. The minimum Gasteiger partial charge on any atom is -0.457 e. The van der Waals surface area contributed by atoms with Gasteiger partial charge in [-0.15, -0.1) is 0 Å². The average Bonchev–Trinajstić information content (AvgIpc) is 2.80. The van der Waals surface area contributed by atoms with Crippen molar-refractivity contribution in [1.82, 2.24) is 5.32 Å². The Morgan fingerprint density at radius 2 is 1.52 bits per heavy atom. The van der Waals surface area contributed by atoms with Gasteiger partial charge in [-0.3, -0.25) is 9.59 Å². The molecule has 0 unspecified atom stereocenters. The third kappa shape index (κ3) is 7.36. The van der Waals surface area contributed by atoms with E-state index in [1.54, 1.807) is 0 Å². The van der Waals surface area contributed by atoms with Crippen LogP contribution in [0.3, 0.4) is 0 Å². The molecule has 8 heteroatoms. The molecule has 1 fully saturated rings. The molecule has 33 heavy (non-hydrogen) atoms. The molecule has 0 spiro atoms. The number of benzene rings is 2. The molecule has 1 heterocycles. The van der Waals surface area contributed by atoms with Crippen molar-refractivity contribution in [3.05, 3.63) is 71.8 Å². The SMILES string of the molecule is CO[C@@H]1O[C@H](COCc2ccccc2)[C@H](OC(C)=O)[C@H](OCc2ccccc2)[C@H]1NC(C)=O. The van der Waals surface area contributed by atoms with Crippen LogP contribution in [-0.4, -0.2) is 56.2 Å². The van der Waals surface area contributed by atoms with Crippen molar-refractivity contribution in [3.8, 4) is 0 Å². The molecule has 0 aliphatic carbocycles. The van der Waals surface area contributed by atoms with E-state index in [0.717, 1.165) is 11.1 Å². The van der Waals surface area contributed by atoms with E-state index in [1.807, 2.05) is 60.7 Å². The molecule has 0 bridgehead atoms. The lowest BCUT2D eigenvalue weighted by atomic mass is 9.96. The molecule has 1 aliphatic rings. The minimum absolute atomic E-state index is 0.144. The van der Waals surface area contributed by atoms with Crippen LogP contribution < -0.4 is 5.32 Å². The summed E-state index contributed by atoms with van der Waals surface area (Å²) in [6, 6.07) is 18.6. The first-order valence-corrected chi connectivity index (χ1v) is 10.9. The van der Waals surface area contributed by atoms with Gasteiger partial charge in [-0.25, -0.2) is 0 Å². The Morgan fingerprint density at radius 3 is 2.06 bits per heavy atom. The van der Waals surface area contributed by atoms with E-state index in [2.05, 4.69) is 5.32 Å². The van der Waals surface area contributed by atoms with Gasteiger partial charge in [-0.1, -0.05) is 60.7 Å². The number of methoxy groups -OCH3 is 1. The number of carbonyl (C=O) groups excluding carboxylic acids is 2. The molecule has 8 nitrogen and oxygen atoms in total. The number of nitrogens with one attached hydrogen (secondary N) is 1. The molecular weight excluding hydrogens is 426 g/mol. The van der Waals surface area contributed by atoms with Crippen LogP contribution in [0.1, 0.15) is 25.0 Å². The highest BCUT2D eigenvalue weighted by Gasteiger charge is 2.49. The van der Waals surface area contributed by atoms with Gasteiger partial charge < -0.3 is 29.0 Å². The summed E-state index contributed by atoms with van der Waals surface area (Å²) >= 11 is 0. The van der Waals surface area contributed by atoms with Crippen molar-refractivity contribution < 1.29 is 33.3 Å². The molecule has 1 aliphatic heterocycles. The highest BCUT2D eigenvalue weighted by atomic mass is 16.7. The number of hydrogen-bond acceptors (Lipinski definition) is 7. The maximum Gasteiger partial charge on any atom is 0.303 e. The van der Waals surface area contributed by atoms with Gasteiger partial charge in [0, 0.05) is 21.0 Å². The molecule has 1 saturated heterocycles. The van der Waals surface area contributed by atoms with E-state index < -0.39 is 36.6 Å². The Balaban J connectivity index is 1.80. The molecule has 2 aromatic rings. The summed E-state index contributed by atoms with van der Waals surface area (Å²) in [5, 5.41) is 2.83. The van der Waals surface area contributed by atoms with Crippen molar-refractivity contribution in [1.29, 1.82) is 0 Å². The Bertz CT molecular complexity index is 877. The minimum atomic E-state index is -0.815. The first-order chi connectivity index (χ1) is 16.0. The number of rotatable bonds is 10. The quantitative estimate of drug-likeness (QED) is 0.548. The second kappa shape index (κ2) is 12.5. The Kier molecular flexibility index (Phi) is 9.38. The zero-order valence-corrected chi connectivity index (χ0v) is 19.1. The second-order valence-electron chi connectivity index (χ2n) is 7.84. The maximum absolute atomic E-state index is 12.0. The molecule has 0 saturated carbocycles. The molecule has 178 valence electrons. The molecule has 2 aromatic carbocycles. The topological polar surface area (TPSA) is 92.3 Å². The van der Waals surface area contributed by atoms with E-state index in [9.17, 15) is 9.59 Å². The molecule has 0 radical (unpaired) electrons. The van der Waals surface area contributed by atoms with E-state index in [-0.39, 0.29) is 19.1 Å². The van der Waals surface area contributed by atoms with E-state index >= 15 is 0 Å². The van der Waals surface area contributed by atoms with Crippen molar-refractivity contribution in [2.75, 3.05) is 13.7 Å². The van der Waals surface area contributed by atoms with Gasteiger partial charge in [0.2, 0.25) is 5.91 Å². The largest absolute Gasteiger partial charge is 0.457 e. The summed E-state index contributed by atoms with van der Waals surface area (Å²) in [7, 11) is 1.49. The van der Waals surface area contributed by atoms with Crippen molar-refractivity contribution >= 4 is 11.9 Å². The predicted molar refractivity (Wildman–Crippen MR) is 120 cm³/mol. The first-order valence-electron chi connectivity index (χ1n) is 10.9. The maximum atomic E-state index is 12.0. The zero-order valence-electron chi connectivity index (χ0n) is 19.1. The fourth-order valence-corrected chi connectivity index (χ4v) is 3.79. The third-order valence-electron chi connectivity index (χ3n) is 5.23. The Labute approximate surface area is 194 Å². The molecule has 5 atom stereocenters. The van der Waals surface area contributed by atoms with Crippen LogP contribution in [0.4, 0.5) is 0 Å².